The van der Waals surface area contributed by atoms with Crippen LogP contribution in [0.5, 0.6) is 11.5 Å². The lowest BCUT2D eigenvalue weighted by Gasteiger charge is -2.08. The summed E-state index contributed by atoms with van der Waals surface area (Å²) >= 11 is 5.81. The number of nitrogens with zero attached hydrogens (tertiary/aromatic N) is 1. The molecule has 0 saturated heterocycles. The Balaban J connectivity index is 1.55. The molecule has 0 atom stereocenters. The highest BCUT2D eigenvalue weighted by Crippen LogP contribution is 2.22. The summed E-state index contributed by atoms with van der Waals surface area (Å²) in [5, 5.41) is 0.606. The van der Waals surface area contributed by atoms with Gasteiger partial charge in [0.15, 0.2) is 0 Å². The lowest BCUT2D eigenvalue weighted by Crippen LogP contribution is -2.41. The molecule has 0 unspecified atom stereocenters. The molecule has 29 heavy (non-hydrogen) atoms. The summed E-state index contributed by atoms with van der Waals surface area (Å²) in [5.74, 6) is -0.0927. The van der Waals surface area contributed by atoms with Crippen LogP contribution in [-0.2, 0) is 4.79 Å². The van der Waals surface area contributed by atoms with Gasteiger partial charge in [-0.3, -0.25) is 25.4 Å². The summed E-state index contributed by atoms with van der Waals surface area (Å²) in [6.45, 7) is 0. The molecule has 3 rings (SSSR count). The predicted molar refractivity (Wildman–Crippen MR) is 111 cm³/mol. The van der Waals surface area contributed by atoms with E-state index in [1.54, 1.807) is 60.7 Å². The molecule has 2 amide bonds. The molecular formula is C21H17ClN4O3. The SMILES string of the molecule is Nc1ccc(Oc2ccnc(C(=O)NNC(=O)C=Cc3ccc(Cl)cc3)c2)cc1. The zero-order valence-corrected chi connectivity index (χ0v) is 15.9. The van der Waals surface area contributed by atoms with Crippen LogP contribution in [0.15, 0.2) is 72.9 Å². The minimum Gasteiger partial charge on any atom is -0.457 e. The van der Waals surface area contributed by atoms with Crippen molar-refractivity contribution >= 4 is 35.2 Å². The van der Waals surface area contributed by atoms with E-state index in [1.165, 1.54) is 18.3 Å². The molecule has 0 radical (unpaired) electrons. The van der Waals surface area contributed by atoms with E-state index < -0.39 is 11.8 Å². The van der Waals surface area contributed by atoms with E-state index in [9.17, 15) is 9.59 Å². The van der Waals surface area contributed by atoms with Crippen LogP contribution in [0.2, 0.25) is 5.02 Å². The highest BCUT2D eigenvalue weighted by Gasteiger charge is 2.09. The summed E-state index contributed by atoms with van der Waals surface area (Å²) in [6.07, 6.45) is 4.32. The summed E-state index contributed by atoms with van der Waals surface area (Å²) in [7, 11) is 0. The fourth-order valence-electron chi connectivity index (χ4n) is 2.24. The number of nitrogens with one attached hydrogen (secondary N) is 2. The quantitative estimate of drug-likeness (QED) is 0.340. The van der Waals surface area contributed by atoms with Gasteiger partial charge in [-0.25, -0.2) is 0 Å². The first-order chi connectivity index (χ1) is 14.0. The monoisotopic (exact) mass is 408 g/mol. The molecule has 7 nitrogen and oxygen atoms in total. The van der Waals surface area contributed by atoms with Crippen LogP contribution < -0.4 is 21.3 Å². The number of amides is 2. The van der Waals surface area contributed by atoms with Gasteiger partial charge in [-0.1, -0.05) is 23.7 Å². The Morgan fingerprint density at radius 1 is 0.966 bits per heavy atom. The Hall–Kier alpha value is -3.84. The third-order valence-corrected chi connectivity index (χ3v) is 3.93. The van der Waals surface area contributed by atoms with E-state index in [2.05, 4.69) is 15.8 Å². The third-order valence-electron chi connectivity index (χ3n) is 3.68. The second-order valence-corrected chi connectivity index (χ2v) is 6.31. The van der Waals surface area contributed by atoms with Crippen LogP contribution in [0, 0.1) is 0 Å². The number of pyridine rings is 1. The molecule has 0 spiro atoms. The van der Waals surface area contributed by atoms with Gasteiger partial charge in [0.1, 0.15) is 17.2 Å². The van der Waals surface area contributed by atoms with Crippen molar-refractivity contribution in [2.45, 2.75) is 0 Å². The molecular weight excluding hydrogens is 392 g/mol. The van der Waals surface area contributed by atoms with E-state index in [0.29, 0.717) is 22.2 Å². The van der Waals surface area contributed by atoms with E-state index in [1.807, 2.05) is 0 Å². The number of hydrogen-bond donors (Lipinski definition) is 3. The third kappa shape index (κ3) is 6.08. The number of halogens is 1. The van der Waals surface area contributed by atoms with Gasteiger partial charge in [0, 0.05) is 29.0 Å². The molecule has 3 aromatic rings. The summed E-state index contributed by atoms with van der Waals surface area (Å²) in [4.78, 5) is 28.1. The molecule has 0 fully saturated rings. The van der Waals surface area contributed by atoms with Crippen LogP contribution in [0.4, 0.5) is 5.69 Å². The average Bonchev–Trinajstić information content (AvgIpc) is 2.73. The number of carbonyl (C=O) groups excluding carboxylic acids is 2. The maximum absolute atomic E-state index is 12.2. The first-order valence-corrected chi connectivity index (χ1v) is 8.91. The zero-order chi connectivity index (χ0) is 20.6. The summed E-state index contributed by atoms with van der Waals surface area (Å²) < 4.78 is 5.66. The summed E-state index contributed by atoms with van der Waals surface area (Å²) in [6, 6.07) is 16.9. The normalized spacial score (nSPS) is 10.5. The fraction of sp³-hybridized carbons (Fsp3) is 0. The van der Waals surface area contributed by atoms with Crippen molar-refractivity contribution in [2.75, 3.05) is 5.73 Å². The first kappa shape index (κ1) is 19.9. The van der Waals surface area contributed by atoms with Gasteiger partial charge in [0.05, 0.1) is 0 Å². The van der Waals surface area contributed by atoms with Crippen molar-refractivity contribution in [3.8, 4) is 11.5 Å². The van der Waals surface area contributed by atoms with Crippen molar-refractivity contribution < 1.29 is 14.3 Å². The summed E-state index contributed by atoms with van der Waals surface area (Å²) in [5.41, 5.74) is 11.7. The van der Waals surface area contributed by atoms with Crippen molar-refractivity contribution in [2.24, 2.45) is 0 Å². The Morgan fingerprint density at radius 3 is 2.41 bits per heavy atom. The minimum absolute atomic E-state index is 0.0833. The molecule has 2 aromatic carbocycles. The van der Waals surface area contributed by atoms with Gasteiger partial charge in [0.2, 0.25) is 0 Å². The van der Waals surface area contributed by atoms with Gasteiger partial charge >= 0.3 is 0 Å². The molecule has 1 heterocycles. The topological polar surface area (TPSA) is 106 Å². The molecule has 0 aliphatic heterocycles. The van der Waals surface area contributed by atoms with Crippen LogP contribution in [-0.4, -0.2) is 16.8 Å². The maximum Gasteiger partial charge on any atom is 0.288 e. The van der Waals surface area contributed by atoms with E-state index in [4.69, 9.17) is 22.1 Å². The molecule has 146 valence electrons. The van der Waals surface area contributed by atoms with Crippen LogP contribution >= 0.6 is 11.6 Å². The average molecular weight is 409 g/mol. The van der Waals surface area contributed by atoms with Crippen LogP contribution in [0.1, 0.15) is 16.1 Å². The van der Waals surface area contributed by atoms with Gasteiger partial charge in [-0.15, -0.1) is 0 Å². The maximum atomic E-state index is 12.2. The molecule has 1 aromatic heterocycles. The van der Waals surface area contributed by atoms with Crippen molar-refractivity contribution in [1.82, 2.24) is 15.8 Å². The lowest BCUT2D eigenvalue weighted by molar-refractivity contribution is -0.117. The van der Waals surface area contributed by atoms with Gasteiger partial charge < -0.3 is 10.5 Å². The molecule has 0 aliphatic carbocycles. The fourth-order valence-corrected chi connectivity index (χ4v) is 2.37. The minimum atomic E-state index is -0.582. The van der Waals surface area contributed by atoms with Crippen molar-refractivity contribution in [3.05, 3.63) is 89.2 Å². The van der Waals surface area contributed by atoms with Gasteiger partial charge in [-0.2, -0.15) is 0 Å². The standard InChI is InChI=1S/C21H17ClN4O3/c22-15-4-1-14(2-5-15)3-10-20(27)25-26-21(28)19-13-18(11-12-24-19)29-17-8-6-16(23)7-9-17/h1-13H,23H2,(H,25,27)(H,26,28). The number of nitrogens with two attached hydrogens (primary N) is 1. The highest BCUT2D eigenvalue weighted by molar-refractivity contribution is 6.30. The number of hydrazine groups is 1. The highest BCUT2D eigenvalue weighted by atomic mass is 35.5. The molecule has 0 aliphatic rings. The van der Waals surface area contributed by atoms with Gasteiger partial charge in [0.25, 0.3) is 11.8 Å². The number of ether oxygens (including phenoxy) is 1. The first-order valence-electron chi connectivity index (χ1n) is 8.53. The Kier molecular flexibility index (Phi) is 6.44. The molecule has 4 N–H and O–H groups in total. The predicted octanol–water partition coefficient (Wildman–Crippen LogP) is 3.58. The molecule has 0 saturated carbocycles. The Bertz CT molecular complexity index is 1030. The Labute approximate surface area is 172 Å². The zero-order valence-electron chi connectivity index (χ0n) is 15.1. The Morgan fingerprint density at radius 2 is 1.69 bits per heavy atom. The van der Waals surface area contributed by atoms with E-state index in [-0.39, 0.29) is 5.69 Å². The number of anilines is 1. The van der Waals surface area contributed by atoms with Crippen molar-refractivity contribution in [1.29, 1.82) is 0 Å². The van der Waals surface area contributed by atoms with Crippen LogP contribution in [0.25, 0.3) is 6.08 Å². The lowest BCUT2D eigenvalue weighted by atomic mass is 10.2. The number of benzene rings is 2. The van der Waals surface area contributed by atoms with Crippen molar-refractivity contribution in [3.63, 3.8) is 0 Å². The van der Waals surface area contributed by atoms with E-state index >= 15 is 0 Å². The smallest absolute Gasteiger partial charge is 0.288 e. The van der Waals surface area contributed by atoms with E-state index in [0.717, 1.165) is 5.56 Å². The molecule has 8 heteroatoms. The number of hydrogen-bond acceptors (Lipinski definition) is 5. The number of nitrogen functional groups attached to an aromatic ring is 1. The largest absolute Gasteiger partial charge is 0.457 e. The second-order valence-electron chi connectivity index (χ2n) is 5.88. The second kappa shape index (κ2) is 9.38. The number of carbonyl (C=O) groups is 2. The number of rotatable bonds is 5. The number of aromatic nitrogens is 1. The molecule has 0 bridgehead atoms. The van der Waals surface area contributed by atoms with Crippen LogP contribution in [0.3, 0.4) is 0 Å². The van der Waals surface area contributed by atoms with Gasteiger partial charge in [-0.05, 0) is 54.1 Å².